The fourth-order valence-electron chi connectivity index (χ4n) is 5.69. The molecule has 0 N–H and O–H groups in total. The molecule has 0 saturated carbocycles. The number of hydrogen-bond acceptors (Lipinski definition) is 15. The van der Waals surface area contributed by atoms with Crippen LogP contribution in [0.4, 0.5) is 0 Å². The molecule has 3 fully saturated rings. The average Bonchev–Trinajstić information content (AvgIpc) is 3.03. The van der Waals surface area contributed by atoms with Gasteiger partial charge in [-0.3, -0.25) is 19.2 Å². The Morgan fingerprint density at radius 1 is 0.843 bits per heavy atom. The molecule has 282 valence electrons. The molecule has 3 aliphatic rings. The molecule has 3 heterocycles. The quantitative estimate of drug-likeness (QED) is 0.0786. The minimum atomic E-state index is -2.59. The van der Waals surface area contributed by atoms with Crippen molar-refractivity contribution in [1.82, 2.24) is 0 Å². The van der Waals surface area contributed by atoms with E-state index in [4.69, 9.17) is 47.1 Å². The van der Waals surface area contributed by atoms with Crippen molar-refractivity contribution in [2.45, 2.75) is 134 Å². The van der Waals surface area contributed by atoms with E-state index >= 15 is 0 Å². The smallest absolute Gasteiger partial charge is 0.303 e. The third kappa shape index (κ3) is 10.0. The van der Waals surface area contributed by atoms with Crippen LogP contribution in [0.5, 0.6) is 0 Å². The molecule has 4 rings (SSSR count). The standard InChI is InChI=1S/C33H47N3O14Si/c1-17(37)41-15-22-26(43-18(2)38)28(44-19(3)39)29(45-20(4)40)32(47-22)49-27-24(35-36-34)31(50-51(8,9)33(5,6)7)46-23-16-42-30(48-25(23)27)21-13-11-10-12-14-21/h10-14,22-32H,15-16H2,1-9H3/t22-,23-,24-,25-,26+,27-,28+,29-,30?,31+,32+/m1/s1. The van der Waals surface area contributed by atoms with Gasteiger partial charge in [0, 0.05) is 38.2 Å². The molecule has 0 amide bonds. The second-order valence-electron chi connectivity index (χ2n) is 14.0. The number of rotatable bonds is 11. The van der Waals surface area contributed by atoms with E-state index in [0.717, 1.165) is 20.8 Å². The molecule has 17 nitrogen and oxygen atoms in total. The summed E-state index contributed by atoms with van der Waals surface area (Å²) in [5.41, 5.74) is 10.5. The van der Waals surface area contributed by atoms with Gasteiger partial charge in [-0.1, -0.05) is 56.2 Å². The highest BCUT2D eigenvalue weighted by atomic mass is 28.4. The van der Waals surface area contributed by atoms with E-state index in [9.17, 15) is 24.7 Å². The Morgan fingerprint density at radius 2 is 1.45 bits per heavy atom. The van der Waals surface area contributed by atoms with Gasteiger partial charge in [-0.2, -0.15) is 0 Å². The lowest BCUT2D eigenvalue weighted by atomic mass is 9.94. The molecule has 51 heavy (non-hydrogen) atoms. The normalized spacial score (nSPS) is 32.4. The Hall–Kier alpha value is -3.61. The van der Waals surface area contributed by atoms with Gasteiger partial charge < -0.3 is 47.1 Å². The number of hydrogen-bond donors (Lipinski definition) is 0. The van der Waals surface area contributed by atoms with Gasteiger partial charge in [-0.25, -0.2) is 0 Å². The van der Waals surface area contributed by atoms with Crippen LogP contribution in [0.2, 0.25) is 18.1 Å². The Bertz CT molecular complexity index is 1450. The number of ether oxygens (including phenoxy) is 9. The van der Waals surface area contributed by atoms with Crippen LogP contribution in [0.1, 0.15) is 60.3 Å². The highest BCUT2D eigenvalue weighted by molar-refractivity contribution is 6.74. The van der Waals surface area contributed by atoms with Gasteiger partial charge >= 0.3 is 23.9 Å². The van der Waals surface area contributed by atoms with Crippen LogP contribution in [-0.2, 0) is 66.2 Å². The molecule has 1 aromatic carbocycles. The van der Waals surface area contributed by atoms with Crippen molar-refractivity contribution in [2.24, 2.45) is 5.11 Å². The summed E-state index contributed by atoms with van der Waals surface area (Å²) in [7, 11) is -2.59. The van der Waals surface area contributed by atoms with Crippen molar-refractivity contribution in [3.63, 3.8) is 0 Å². The average molecular weight is 738 g/mol. The fraction of sp³-hybridized carbons (Fsp3) is 0.697. The van der Waals surface area contributed by atoms with Gasteiger partial charge in [-0.05, 0) is 23.7 Å². The highest BCUT2D eigenvalue weighted by Gasteiger charge is 2.58. The summed E-state index contributed by atoms with van der Waals surface area (Å²) < 4.78 is 60.4. The van der Waals surface area contributed by atoms with E-state index in [0.29, 0.717) is 5.56 Å². The van der Waals surface area contributed by atoms with Gasteiger partial charge in [0.15, 0.2) is 45.5 Å². The first-order valence-corrected chi connectivity index (χ1v) is 19.5. The van der Waals surface area contributed by atoms with Gasteiger partial charge in [0.05, 0.1) is 6.61 Å². The summed E-state index contributed by atoms with van der Waals surface area (Å²) >= 11 is 0. The van der Waals surface area contributed by atoms with E-state index in [1.165, 1.54) is 6.92 Å². The lowest BCUT2D eigenvalue weighted by Gasteiger charge is -2.52. The summed E-state index contributed by atoms with van der Waals surface area (Å²) in [6.45, 7) is 14.2. The maximum atomic E-state index is 12.5. The zero-order valence-corrected chi connectivity index (χ0v) is 31.2. The van der Waals surface area contributed by atoms with Crippen LogP contribution in [0.25, 0.3) is 10.4 Å². The van der Waals surface area contributed by atoms with Crippen molar-refractivity contribution >= 4 is 32.2 Å². The van der Waals surface area contributed by atoms with Crippen molar-refractivity contribution in [3.8, 4) is 0 Å². The highest BCUT2D eigenvalue weighted by Crippen LogP contribution is 2.43. The number of azide groups is 1. The van der Waals surface area contributed by atoms with Crippen molar-refractivity contribution < 1.29 is 66.2 Å². The molecule has 1 unspecified atom stereocenters. The molecular formula is C33H47N3O14Si. The Morgan fingerprint density at radius 3 is 2.02 bits per heavy atom. The molecule has 0 radical (unpaired) electrons. The first kappa shape index (κ1) is 40.2. The minimum absolute atomic E-state index is 0.0308. The number of carbonyl (C=O) groups is 4. The Labute approximate surface area is 297 Å². The lowest BCUT2D eigenvalue weighted by molar-refractivity contribution is -0.371. The molecule has 0 spiro atoms. The zero-order valence-electron chi connectivity index (χ0n) is 30.2. The number of carbonyl (C=O) groups excluding carboxylic acids is 4. The van der Waals surface area contributed by atoms with Gasteiger partial charge in [-0.15, -0.1) is 0 Å². The van der Waals surface area contributed by atoms with E-state index in [2.05, 4.69) is 10.0 Å². The first-order chi connectivity index (χ1) is 23.9. The van der Waals surface area contributed by atoms with E-state index in [1.54, 1.807) is 0 Å². The number of esters is 4. The molecule has 0 aliphatic carbocycles. The molecule has 3 saturated heterocycles. The second kappa shape index (κ2) is 16.8. The minimum Gasteiger partial charge on any atom is -0.463 e. The number of benzene rings is 1. The lowest BCUT2D eigenvalue weighted by Crippen LogP contribution is -2.68. The summed E-state index contributed by atoms with van der Waals surface area (Å²) in [5.74, 6) is -3.07. The predicted octanol–water partition coefficient (Wildman–Crippen LogP) is 3.99. The van der Waals surface area contributed by atoms with Crippen LogP contribution < -0.4 is 0 Å². The van der Waals surface area contributed by atoms with Gasteiger partial charge in [0.25, 0.3) is 0 Å². The summed E-state index contributed by atoms with van der Waals surface area (Å²) in [6.07, 6.45) is -12.3. The second-order valence-corrected chi connectivity index (χ2v) is 18.7. The van der Waals surface area contributed by atoms with Crippen molar-refractivity contribution in [3.05, 3.63) is 46.3 Å². The van der Waals surface area contributed by atoms with E-state index in [1.807, 2.05) is 64.2 Å². The zero-order chi connectivity index (χ0) is 37.7. The molecule has 1 aromatic rings. The molecule has 0 bridgehead atoms. The maximum absolute atomic E-state index is 12.5. The first-order valence-electron chi connectivity index (χ1n) is 16.6. The van der Waals surface area contributed by atoms with E-state index in [-0.39, 0.29) is 11.6 Å². The van der Waals surface area contributed by atoms with Crippen molar-refractivity contribution in [1.29, 1.82) is 0 Å². The summed E-state index contributed by atoms with van der Waals surface area (Å²) in [4.78, 5) is 52.1. The van der Waals surface area contributed by atoms with Crippen LogP contribution in [0, 0.1) is 0 Å². The topological polar surface area (TPSA) is 209 Å². The number of nitrogens with zero attached hydrogens (tertiary/aromatic N) is 3. The largest absolute Gasteiger partial charge is 0.463 e. The number of fused-ring (bicyclic) bond motifs is 1. The predicted molar refractivity (Wildman–Crippen MR) is 177 cm³/mol. The van der Waals surface area contributed by atoms with Gasteiger partial charge in [0.1, 0.15) is 37.1 Å². The van der Waals surface area contributed by atoms with Crippen LogP contribution in [0.15, 0.2) is 35.4 Å². The third-order valence-electron chi connectivity index (χ3n) is 9.02. The SMILES string of the molecule is CC(=O)OC[C@H]1O[C@@H](O[C@@H]2[C@@H](N=[N+]=[N-])[C@H](O[Si](C)(C)C(C)(C)C)O[C@@H]3COC(c4ccccc4)O[C@@H]23)[C@H](OC(C)=O)[C@@H](OC(C)=O)[C@H]1OC(C)=O. The third-order valence-corrected chi connectivity index (χ3v) is 13.5. The fourth-order valence-corrected chi connectivity index (χ4v) is 6.82. The monoisotopic (exact) mass is 737 g/mol. The van der Waals surface area contributed by atoms with Crippen LogP contribution >= 0.6 is 0 Å². The summed E-state index contributed by atoms with van der Waals surface area (Å²) in [6, 6.07) is 7.92. The molecular weight excluding hydrogens is 690 g/mol. The van der Waals surface area contributed by atoms with E-state index < -0.39 is 106 Å². The maximum Gasteiger partial charge on any atom is 0.303 e. The van der Waals surface area contributed by atoms with Crippen LogP contribution in [0.3, 0.4) is 0 Å². The molecule has 11 atom stereocenters. The summed E-state index contributed by atoms with van der Waals surface area (Å²) in [5, 5.41) is 3.80. The molecule has 0 aromatic heterocycles. The Kier molecular flexibility index (Phi) is 13.2. The van der Waals surface area contributed by atoms with Crippen molar-refractivity contribution in [2.75, 3.05) is 13.2 Å². The Balaban J connectivity index is 1.82. The molecule has 18 heteroatoms. The molecule has 3 aliphatic heterocycles. The van der Waals surface area contributed by atoms with Crippen LogP contribution in [-0.4, -0.2) is 107 Å². The van der Waals surface area contributed by atoms with Gasteiger partial charge in [0.2, 0.25) is 0 Å².